The Kier molecular flexibility index (Phi) is 6.83. The smallest absolute Gasteiger partial charge is 0.322 e. The quantitative estimate of drug-likeness (QED) is 0.596. The summed E-state index contributed by atoms with van der Waals surface area (Å²) in [5, 5.41) is 2.81. The van der Waals surface area contributed by atoms with Gasteiger partial charge < -0.3 is 19.9 Å². The molecule has 2 fully saturated rings. The number of likely N-dealkylation sites (tertiary alicyclic amines) is 2. The number of urea groups is 1. The molecule has 0 spiro atoms. The van der Waals surface area contributed by atoms with E-state index in [9.17, 15) is 14.4 Å². The number of thiol groups is 1. The maximum absolute atomic E-state index is 13.1. The molecule has 152 valence electrons. The van der Waals surface area contributed by atoms with Crippen LogP contribution >= 0.6 is 12.6 Å². The van der Waals surface area contributed by atoms with E-state index in [1.165, 1.54) is 0 Å². The summed E-state index contributed by atoms with van der Waals surface area (Å²) in [5.41, 5.74) is 0.691. The van der Waals surface area contributed by atoms with E-state index in [2.05, 4.69) is 17.9 Å². The lowest BCUT2D eigenvalue weighted by atomic mass is 9.96. The number of carbonyl (C=O) groups is 3. The summed E-state index contributed by atoms with van der Waals surface area (Å²) in [6.45, 7) is 3.60. The van der Waals surface area contributed by atoms with Gasteiger partial charge in [0.15, 0.2) is 0 Å². The maximum atomic E-state index is 13.1. The summed E-state index contributed by atoms with van der Waals surface area (Å²) in [4.78, 5) is 41.0. The molecule has 7 nitrogen and oxygen atoms in total. The number of ether oxygens (including phenoxy) is 1. The van der Waals surface area contributed by atoms with Crippen molar-refractivity contribution in [1.82, 2.24) is 9.80 Å². The third-order valence-electron chi connectivity index (χ3n) is 5.28. The molecule has 0 aliphatic carbocycles. The molecular weight excluding hydrogens is 378 g/mol. The molecule has 0 radical (unpaired) electrons. The Hall–Kier alpha value is -2.22. The standard InChI is InChI=1S/C20H27N3O4S/c1-2-27-19(25)14-8-10-22(11-9-14)18(24)17-12-16(28)13-23(17)20(26)21-15-6-4-3-5-7-15/h3-7,14,16-17,28H,2,8-13H2,1H3,(H,21,26). The highest BCUT2D eigenvalue weighted by Crippen LogP contribution is 2.27. The predicted molar refractivity (Wildman–Crippen MR) is 109 cm³/mol. The second-order valence-corrected chi connectivity index (χ2v) is 7.94. The number of para-hydroxylation sites is 1. The van der Waals surface area contributed by atoms with E-state index in [-0.39, 0.29) is 29.1 Å². The fraction of sp³-hybridized carbons (Fsp3) is 0.550. The Morgan fingerprint density at radius 2 is 1.86 bits per heavy atom. The highest BCUT2D eigenvalue weighted by Gasteiger charge is 2.41. The third-order valence-corrected chi connectivity index (χ3v) is 5.65. The monoisotopic (exact) mass is 405 g/mol. The topological polar surface area (TPSA) is 79.0 Å². The number of anilines is 1. The van der Waals surface area contributed by atoms with E-state index >= 15 is 0 Å². The molecule has 0 bridgehead atoms. The van der Waals surface area contributed by atoms with Crippen LogP contribution in [0.15, 0.2) is 30.3 Å². The Morgan fingerprint density at radius 1 is 1.18 bits per heavy atom. The van der Waals surface area contributed by atoms with Crippen molar-refractivity contribution in [3.05, 3.63) is 30.3 Å². The van der Waals surface area contributed by atoms with Crippen molar-refractivity contribution in [3.63, 3.8) is 0 Å². The normalized spacial score (nSPS) is 22.8. The minimum Gasteiger partial charge on any atom is -0.466 e. The van der Waals surface area contributed by atoms with Gasteiger partial charge in [-0.05, 0) is 38.3 Å². The van der Waals surface area contributed by atoms with Gasteiger partial charge in [0.1, 0.15) is 6.04 Å². The molecule has 2 heterocycles. The molecule has 28 heavy (non-hydrogen) atoms. The van der Waals surface area contributed by atoms with Crippen LogP contribution < -0.4 is 5.32 Å². The van der Waals surface area contributed by atoms with Crippen molar-refractivity contribution >= 4 is 36.2 Å². The van der Waals surface area contributed by atoms with Gasteiger partial charge in [0.05, 0.1) is 12.5 Å². The molecule has 2 saturated heterocycles. The number of hydrogen-bond acceptors (Lipinski definition) is 5. The van der Waals surface area contributed by atoms with E-state index in [1.54, 1.807) is 16.7 Å². The summed E-state index contributed by atoms with van der Waals surface area (Å²) < 4.78 is 5.08. The number of rotatable bonds is 4. The molecule has 8 heteroatoms. The van der Waals surface area contributed by atoms with Crippen LogP contribution in [0.2, 0.25) is 0 Å². The lowest BCUT2D eigenvalue weighted by Crippen LogP contribution is -2.51. The Balaban J connectivity index is 1.60. The van der Waals surface area contributed by atoms with Crippen molar-refractivity contribution in [2.75, 3.05) is 31.6 Å². The summed E-state index contributed by atoms with van der Waals surface area (Å²) >= 11 is 4.50. The molecule has 2 atom stereocenters. The predicted octanol–water partition coefficient (Wildman–Crippen LogP) is 2.39. The molecule has 3 rings (SSSR count). The van der Waals surface area contributed by atoms with Crippen LogP contribution in [0.25, 0.3) is 0 Å². The fourth-order valence-electron chi connectivity index (χ4n) is 3.80. The fourth-order valence-corrected chi connectivity index (χ4v) is 4.17. The first-order valence-corrected chi connectivity index (χ1v) is 10.3. The summed E-state index contributed by atoms with van der Waals surface area (Å²) in [5.74, 6) is -0.403. The summed E-state index contributed by atoms with van der Waals surface area (Å²) in [7, 11) is 0. The van der Waals surface area contributed by atoms with Crippen molar-refractivity contribution in [3.8, 4) is 0 Å². The second-order valence-electron chi connectivity index (χ2n) is 7.21. The van der Waals surface area contributed by atoms with Gasteiger partial charge in [0.2, 0.25) is 5.91 Å². The first-order chi connectivity index (χ1) is 13.5. The van der Waals surface area contributed by atoms with Crippen molar-refractivity contribution in [1.29, 1.82) is 0 Å². The van der Waals surface area contributed by atoms with Gasteiger partial charge in [-0.15, -0.1) is 0 Å². The minimum atomic E-state index is -0.523. The van der Waals surface area contributed by atoms with Gasteiger partial charge >= 0.3 is 12.0 Å². The largest absolute Gasteiger partial charge is 0.466 e. The Bertz CT molecular complexity index is 707. The lowest BCUT2D eigenvalue weighted by Gasteiger charge is -2.34. The number of esters is 1. The second kappa shape index (κ2) is 9.32. The van der Waals surface area contributed by atoms with Crippen LogP contribution in [0.3, 0.4) is 0 Å². The summed E-state index contributed by atoms with van der Waals surface area (Å²) in [6.07, 6.45) is 1.72. The van der Waals surface area contributed by atoms with Crippen LogP contribution in [0.1, 0.15) is 26.2 Å². The molecule has 2 unspecified atom stereocenters. The van der Waals surface area contributed by atoms with E-state index in [4.69, 9.17) is 4.74 Å². The van der Waals surface area contributed by atoms with Gasteiger partial charge in [-0.3, -0.25) is 9.59 Å². The number of benzene rings is 1. The van der Waals surface area contributed by atoms with Crippen molar-refractivity contribution in [2.45, 2.75) is 37.5 Å². The van der Waals surface area contributed by atoms with Gasteiger partial charge in [0, 0.05) is 30.6 Å². The number of amides is 3. The van der Waals surface area contributed by atoms with E-state index in [1.807, 2.05) is 30.3 Å². The Labute approximate surface area is 170 Å². The number of carbonyl (C=O) groups excluding carboxylic acids is 3. The zero-order valence-electron chi connectivity index (χ0n) is 16.0. The lowest BCUT2D eigenvalue weighted by molar-refractivity contribution is -0.151. The first kappa shape index (κ1) is 20.5. The summed E-state index contributed by atoms with van der Waals surface area (Å²) in [6, 6.07) is 8.37. The molecule has 2 aliphatic heterocycles. The number of hydrogen-bond donors (Lipinski definition) is 2. The molecule has 1 N–H and O–H groups in total. The molecule has 0 aromatic heterocycles. The zero-order valence-corrected chi connectivity index (χ0v) is 16.9. The number of nitrogens with zero attached hydrogens (tertiary/aromatic N) is 2. The van der Waals surface area contributed by atoms with Crippen molar-refractivity contribution < 1.29 is 19.1 Å². The average Bonchev–Trinajstić information content (AvgIpc) is 3.10. The van der Waals surface area contributed by atoms with Gasteiger partial charge in [-0.2, -0.15) is 12.6 Å². The van der Waals surface area contributed by atoms with Gasteiger partial charge in [0.25, 0.3) is 0 Å². The molecule has 3 amide bonds. The number of nitrogens with one attached hydrogen (secondary N) is 1. The van der Waals surface area contributed by atoms with Crippen LogP contribution in [0.5, 0.6) is 0 Å². The van der Waals surface area contributed by atoms with E-state index in [0.29, 0.717) is 51.2 Å². The molecule has 1 aromatic carbocycles. The molecule has 0 saturated carbocycles. The van der Waals surface area contributed by atoms with E-state index in [0.717, 1.165) is 0 Å². The molecule has 2 aliphatic rings. The molecule has 1 aromatic rings. The average molecular weight is 406 g/mol. The van der Waals surface area contributed by atoms with Crippen LogP contribution in [0.4, 0.5) is 10.5 Å². The van der Waals surface area contributed by atoms with Crippen LogP contribution in [-0.4, -0.2) is 65.2 Å². The maximum Gasteiger partial charge on any atom is 0.322 e. The molecular formula is C20H27N3O4S. The van der Waals surface area contributed by atoms with Crippen LogP contribution in [-0.2, 0) is 14.3 Å². The zero-order chi connectivity index (χ0) is 20.1. The van der Waals surface area contributed by atoms with Gasteiger partial charge in [-0.1, -0.05) is 18.2 Å². The number of piperidine rings is 1. The Morgan fingerprint density at radius 3 is 2.50 bits per heavy atom. The third kappa shape index (κ3) is 4.79. The SMILES string of the molecule is CCOC(=O)C1CCN(C(=O)C2CC(S)CN2C(=O)Nc2ccccc2)CC1. The van der Waals surface area contributed by atoms with E-state index < -0.39 is 6.04 Å². The highest BCUT2D eigenvalue weighted by atomic mass is 32.1. The van der Waals surface area contributed by atoms with Gasteiger partial charge in [-0.25, -0.2) is 4.79 Å². The van der Waals surface area contributed by atoms with Crippen LogP contribution in [0, 0.1) is 5.92 Å². The minimum absolute atomic E-state index is 0.0347. The van der Waals surface area contributed by atoms with Crippen molar-refractivity contribution in [2.24, 2.45) is 5.92 Å². The highest BCUT2D eigenvalue weighted by molar-refractivity contribution is 7.81. The first-order valence-electron chi connectivity index (χ1n) is 9.75.